The van der Waals surface area contributed by atoms with E-state index in [1.165, 1.54) is 0 Å². The number of hydrogen-bond donors (Lipinski definition) is 0. The molecule has 0 aromatic heterocycles. The summed E-state index contributed by atoms with van der Waals surface area (Å²) in [6.07, 6.45) is 5.11. The summed E-state index contributed by atoms with van der Waals surface area (Å²) in [7, 11) is 1.60. The van der Waals surface area contributed by atoms with Crippen molar-refractivity contribution in [2.45, 2.75) is 0 Å². The molecule has 0 saturated carbocycles. The van der Waals surface area contributed by atoms with Gasteiger partial charge in [-0.05, 0) is 30.3 Å². The molecule has 2 aromatic rings. The Bertz CT molecular complexity index is 917. The van der Waals surface area contributed by atoms with E-state index in [9.17, 15) is 4.79 Å². The Morgan fingerprint density at radius 2 is 1.96 bits per heavy atom. The predicted octanol–water partition coefficient (Wildman–Crippen LogP) is 4.90. The highest BCUT2D eigenvalue weighted by atomic mass is 35.5. The van der Waals surface area contributed by atoms with E-state index in [1.54, 1.807) is 37.5 Å². The van der Waals surface area contributed by atoms with E-state index in [0.29, 0.717) is 15.6 Å². The van der Waals surface area contributed by atoms with Crippen LogP contribution in [0.1, 0.15) is 11.1 Å². The van der Waals surface area contributed by atoms with Crippen molar-refractivity contribution in [1.29, 1.82) is 0 Å². The summed E-state index contributed by atoms with van der Waals surface area (Å²) >= 11 is 12.0. The van der Waals surface area contributed by atoms with Crippen LogP contribution in [0.15, 0.2) is 65.3 Å². The van der Waals surface area contributed by atoms with Gasteiger partial charge in [-0.2, -0.15) is 0 Å². The zero-order valence-electron chi connectivity index (χ0n) is 13.2. The van der Waals surface area contributed by atoms with Crippen molar-refractivity contribution in [3.05, 3.63) is 81.5 Å². The number of allylic oxidation sites excluding steroid dienone is 2. The van der Waals surface area contributed by atoms with Crippen LogP contribution in [0.5, 0.6) is 5.75 Å². The van der Waals surface area contributed by atoms with Gasteiger partial charge in [0.15, 0.2) is 5.70 Å². The van der Waals surface area contributed by atoms with Crippen molar-refractivity contribution in [2.24, 2.45) is 4.99 Å². The van der Waals surface area contributed by atoms with E-state index in [1.807, 2.05) is 30.3 Å². The SMILES string of the molecule is COc1ccccc1C=CC=C1N=C(c2ccc(Cl)cc2Cl)OC1=O. The molecule has 0 bridgehead atoms. The van der Waals surface area contributed by atoms with Gasteiger partial charge in [-0.25, -0.2) is 9.79 Å². The van der Waals surface area contributed by atoms with Gasteiger partial charge in [0.1, 0.15) is 5.75 Å². The van der Waals surface area contributed by atoms with Crippen LogP contribution in [0.25, 0.3) is 6.08 Å². The molecule has 0 unspecified atom stereocenters. The minimum absolute atomic E-state index is 0.156. The van der Waals surface area contributed by atoms with Crippen LogP contribution < -0.4 is 4.74 Å². The lowest BCUT2D eigenvalue weighted by molar-refractivity contribution is -0.130. The Labute approximate surface area is 155 Å². The van der Waals surface area contributed by atoms with Crippen molar-refractivity contribution in [1.82, 2.24) is 0 Å². The number of benzene rings is 2. The Morgan fingerprint density at radius 1 is 1.16 bits per heavy atom. The largest absolute Gasteiger partial charge is 0.496 e. The molecule has 0 spiro atoms. The molecule has 0 radical (unpaired) electrons. The zero-order chi connectivity index (χ0) is 17.8. The highest BCUT2D eigenvalue weighted by molar-refractivity contribution is 6.37. The maximum Gasteiger partial charge on any atom is 0.363 e. The molecule has 1 aliphatic heterocycles. The van der Waals surface area contributed by atoms with Crippen molar-refractivity contribution in [2.75, 3.05) is 7.11 Å². The third-order valence-corrected chi connectivity index (χ3v) is 4.00. The molecule has 0 fully saturated rings. The molecule has 126 valence electrons. The number of hydrogen-bond acceptors (Lipinski definition) is 4. The summed E-state index contributed by atoms with van der Waals surface area (Å²) < 4.78 is 10.5. The molecule has 0 aliphatic carbocycles. The van der Waals surface area contributed by atoms with Gasteiger partial charge in [0, 0.05) is 10.6 Å². The normalized spacial score (nSPS) is 15.6. The predicted molar refractivity (Wildman–Crippen MR) is 99.2 cm³/mol. The molecule has 4 nitrogen and oxygen atoms in total. The zero-order valence-corrected chi connectivity index (χ0v) is 14.7. The molecule has 0 amide bonds. The highest BCUT2D eigenvalue weighted by Crippen LogP contribution is 2.25. The van der Waals surface area contributed by atoms with E-state index < -0.39 is 5.97 Å². The van der Waals surface area contributed by atoms with Crippen molar-refractivity contribution in [3.8, 4) is 5.75 Å². The Morgan fingerprint density at radius 3 is 2.72 bits per heavy atom. The highest BCUT2D eigenvalue weighted by Gasteiger charge is 2.25. The van der Waals surface area contributed by atoms with Crippen molar-refractivity contribution >= 4 is 41.1 Å². The van der Waals surface area contributed by atoms with Gasteiger partial charge in [-0.15, -0.1) is 0 Å². The number of aliphatic imine (C=N–C) groups is 1. The topological polar surface area (TPSA) is 47.9 Å². The number of carbonyl (C=O) groups excluding carboxylic acids is 1. The lowest BCUT2D eigenvalue weighted by Gasteiger charge is -2.02. The fraction of sp³-hybridized carbons (Fsp3) is 0.0526. The molecule has 2 aromatic carbocycles. The molecular weight excluding hydrogens is 361 g/mol. The number of methoxy groups -OCH3 is 1. The van der Waals surface area contributed by atoms with Crippen LogP contribution in [0.2, 0.25) is 10.0 Å². The first-order chi connectivity index (χ1) is 12.1. The third kappa shape index (κ3) is 3.92. The van der Waals surface area contributed by atoms with E-state index in [4.69, 9.17) is 32.7 Å². The first-order valence-electron chi connectivity index (χ1n) is 7.36. The number of esters is 1. The number of nitrogens with zero attached hydrogens (tertiary/aromatic N) is 1. The Hall–Kier alpha value is -2.56. The lowest BCUT2D eigenvalue weighted by Crippen LogP contribution is -2.05. The number of halogens is 2. The molecule has 6 heteroatoms. The monoisotopic (exact) mass is 373 g/mol. The van der Waals surface area contributed by atoms with Crippen LogP contribution in [0.3, 0.4) is 0 Å². The third-order valence-electron chi connectivity index (χ3n) is 3.45. The first-order valence-corrected chi connectivity index (χ1v) is 8.12. The second-order valence-corrected chi connectivity index (χ2v) is 5.93. The quantitative estimate of drug-likeness (QED) is 0.565. The van der Waals surface area contributed by atoms with Crippen LogP contribution in [-0.2, 0) is 9.53 Å². The minimum atomic E-state index is -0.536. The average molecular weight is 374 g/mol. The number of rotatable bonds is 4. The van der Waals surface area contributed by atoms with Gasteiger partial charge in [0.05, 0.1) is 17.7 Å². The molecule has 0 saturated heterocycles. The van der Waals surface area contributed by atoms with Crippen LogP contribution in [0.4, 0.5) is 0 Å². The average Bonchev–Trinajstić information content (AvgIpc) is 2.96. The maximum atomic E-state index is 12.0. The first kappa shape index (κ1) is 17.3. The number of para-hydroxylation sites is 1. The van der Waals surface area contributed by atoms with Gasteiger partial charge < -0.3 is 9.47 Å². The molecule has 0 atom stereocenters. The smallest absolute Gasteiger partial charge is 0.363 e. The van der Waals surface area contributed by atoms with Crippen LogP contribution >= 0.6 is 23.2 Å². The molecule has 1 aliphatic rings. The van der Waals surface area contributed by atoms with Crippen LogP contribution in [0, 0.1) is 0 Å². The van der Waals surface area contributed by atoms with Crippen molar-refractivity contribution < 1.29 is 14.3 Å². The maximum absolute atomic E-state index is 12.0. The second kappa shape index (κ2) is 7.55. The van der Waals surface area contributed by atoms with E-state index in [-0.39, 0.29) is 11.6 Å². The summed E-state index contributed by atoms with van der Waals surface area (Å²) in [6.45, 7) is 0. The van der Waals surface area contributed by atoms with Gasteiger partial charge in [-0.1, -0.05) is 53.6 Å². The van der Waals surface area contributed by atoms with Gasteiger partial charge >= 0.3 is 5.97 Å². The number of cyclic esters (lactones) is 1. The van der Waals surface area contributed by atoms with Gasteiger partial charge in [0.2, 0.25) is 5.90 Å². The molecular formula is C19H13Cl2NO3. The number of carbonyl (C=O) groups is 1. The summed E-state index contributed by atoms with van der Waals surface area (Å²) in [5.74, 6) is 0.359. The van der Waals surface area contributed by atoms with E-state index >= 15 is 0 Å². The molecule has 1 heterocycles. The summed E-state index contributed by atoms with van der Waals surface area (Å²) in [4.78, 5) is 16.2. The summed E-state index contributed by atoms with van der Waals surface area (Å²) in [5.41, 5.74) is 1.59. The van der Waals surface area contributed by atoms with Crippen molar-refractivity contribution in [3.63, 3.8) is 0 Å². The standard InChI is InChI=1S/C19H13Cl2NO3/c1-24-17-8-3-2-5-12(17)6-4-7-16-19(23)25-18(22-16)14-10-9-13(20)11-15(14)21/h2-11H,1H3. The minimum Gasteiger partial charge on any atom is -0.496 e. The van der Waals surface area contributed by atoms with Crippen LogP contribution in [-0.4, -0.2) is 19.0 Å². The van der Waals surface area contributed by atoms with Gasteiger partial charge in [-0.3, -0.25) is 0 Å². The number of ether oxygens (including phenoxy) is 2. The lowest BCUT2D eigenvalue weighted by atomic mass is 10.2. The molecule has 0 N–H and O–H groups in total. The second-order valence-electron chi connectivity index (χ2n) is 5.08. The fourth-order valence-corrected chi connectivity index (χ4v) is 2.74. The summed E-state index contributed by atoms with van der Waals surface area (Å²) in [5, 5.41) is 0.860. The molecule has 3 rings (SSSR count). The Balaban J connectivity index is 1.85. The summed E-state index contributed by atoms with van der Waals surface area (Å²) in [6, 6.07) is 12.4. The van der Waals surface area contributed by atoms with E-state index in [0.717, 1.165) is 11.3 Å². The Kier molecular flexibility index (Phi) is 5.22. The van der Waals surface area contributed by atoms with E-state index in [2.05, 4.69) is 4.99 Å². The molecule has 25 heavy (non-hydrogen) atoms. The fourth-order valence-electron chi connectivity index (χ4n) is 2.25. The van der Waals surface area contributed by atoms with Gasteiger partial charge in [0.25, 0.3) is 0 Å².